The van der Waals surface area contributed by atoms with Crippen molar-refractivity contribution in [2.45, 2.75) is 16.2 Å². The van der Waals surface area contributed by atoms with Crippen molar-refractivity contribution >= 4 is 35.1 Å². The molecule has 3 aromatic carbocycles. The van der Waals surface area contributed by atoms with E-state index in [9.17, 15) is 14.0 Å². The highest BCUT2D eigenvalue weighted by Gasteiger charge is 2.41. The van der Waals surface area contributed by atoms with E-state index in [4.69, 9.17) is 9.47 Å². The fraction of sp³-hybridized carbons (Fsp3) is 0.259. The van der Waals surface area contributed by atoms with E-state index in [0.717, 1.165) is 16.1 Å². The highest BCUT2D eigenvalue weighted by Crippen LogP contribution is 2.46. The second kappa shape index (κ2) is 11.5. The largest absolute Gasteiger partial charge is 0.497 e. The second-order valence-electron chi connectivity index (χ2n) is 8.53. The van der Waals surface area contributed by atoms with Gasteiger partial charge < -0.3 is 19.3 Å². The minimum Gasteiger partial charge on any atom is -0.497 e. The topological polar surface area (TPSA) is 71.1 Å². The summed E-state index contributed by atoms with van der Waals surface area (Å²) in [6.45, 7) is 1.05. The molecule has 4 rings (SSSR count). The highest BCUT2D eigenvalue weighted by atomic mass is 32.2. The maximum absolute atomic E-state index is 14.0. The molecule has 0 aliphatic carbocycles. The minimum atomic E-state index is -1.13. The third-order valence-corrected chi connectivity index (χ3v) is 7.09. The molecular weight excluding hydrogens is 481 g/mol. The molecule has 3 aromatic rings. The molecule has 0 saturated carbocycles. The van der Waals surface area contributed by atoms with Crippen LogP contribution in [0.25, 0.3) is 0 Å². The van der Waals surface area contributed by atoms with Gasteiger partial charge in [-0.3, -0.25) is 10.1 Å². The molecule has 2 atom stereocenters. The van der Waals surface area contributed by atoms with Crippen molar-refractivity contribution in [3.8, 4) is 5.75 Å². The van der Waals surface area contributed by atoms with Crippen LogP contribution in [-0.2, 0) is 9.53 Å². The van der Waals surface area contributed by atoms with Gasteiger partial charge in [0.15, 0.2) is 6.10 Å². The van der Waals surface area contributed by atoms with Crippen LogP contribution < -0.4 is 15.0 Å². The minimum absolute atomic E-state index is 0.238. The first-order valence-corrected chi connectivity index (χ1v) is 12.3. The summed E-state index contributed by atoms with van der Waals surface area (Å²) in [6, 6.07) is 20.5. The molecule has 1 aliphatic rings. The van der Waals surface area contributed by atoms with Crippen LogP contribution in [0.2, 0.25) is 0 Å². The SMILES string of the molecule is COc1ccc([C@@H]2Sc3ccccc3N(CCN(C)C)C(=O)[C@@H]2OC(=O)Nc2cccc(F)c2)cc1. The predicted octanol–water partition coefficient (Wildman–Crippen LogP) is 5.19. The van der Waals surface area contributed by atoms with E-state index in [-0.39, 0.29) is 11.6 Å². The van der Waals surface area contributed by atoms with Gasteiger partial charge in [-0.1, -0.05) is 30.3 Å². The third-order valence-electron chi connectivity index (χ3n) is 5.71. The number of nitrogens with zero attached hydrogens (tertiary/aromatic N) is 2. The van der Waals surface area contributed by atoms with Gasteiger partial charge in [0.05, 0.1) is 18.0 Å². The number of amides is 2. The molecule has 1 heterocycles. The summed E-state index contributed by atoms with van der Waals surface area (Å²) in [7, 11) is 5.45. The Morgan fingerprint density at radius 2 is 1.83 bits per heavy atom. The Bertz CT molecular complexity index is 1220. The summed E-state index contributed by atoms with van der Waals surface area (Å²) in [5.41, 5.74) is 1.81. The van der Waals surface area contributed by atoms with Crippen LogP contribution in [-0.4, -0.2) is 57.3 Å². The number of methoxy groups -OCH3 is 1. The van der Waals surface area contributed by atoms with E-state index in [1.165, 1.54) is 30.0 Å². The van der Waals surface area contributed by atoms with E-state index in [1.54, 1.807) is 18.1 Å². The van der Waals surface area contributed by atoms with E-state index in [0.29, 0.717) is 18.8 Å². The van der Waals surface area contributed by atoms with Crippen molar-refractivity contribution < 1.29 is 23.5 Å². The normalized spacial score (nSPS) is 17.4. The monoisotopic (exact) mass is 509 g/mol. The molecule has 0 aromatic heterocycles. The molecule has 0 unspecified atom stereocenters. The van der Waals surface area contributed by atoms with Crippen molar-refractivity contribution in [3.63, 3.8) is 0 Å². The molecule has 2 amide bonds. The lowest BCUT2D eigenvalue weighted by molar-refractivity contribution is -0.126. The van der Waals surface area contributed by atoms with E-state index in [1.807, 2.05) is 67.5 Å². The molecule has 0 radical (unpaired) electrons. The summed E-state index contributed by atoms with van der Waals surface area (Å²) < 4.78 is 24.7. The number of likely N-dealkylation sites (N-methyl/N-ethyl adjacent to an activating group) is 1. The van der Waals surface area contributed by atoms with Crippen LogP contribution >= 0.6 is 11.8 Å². The number of rotatable bonds is 7. The number of carbonyl (C=O) groups excluding carboxylic acids is 2. The molecule has 0 spiro atoms. The Kier molecular flexibility index (Phi) is 8.12. The number of thioether (sulfide) groups is 1. The Hall–Kier alpha value is -3.56. The second-order valence-corrected chi connectivity index (χ2v) is 9.72. The quantitative estimate of drug-likeness (QED) is 0.473. The number of fused-ring (bicyclic) bond motifs is 1. The fourth-order valence-corrected chi connectivity index (χ4v) is 5.21. The van der Waals surface area contributed by atoms with Crippen molar-refractivity contribution in [2.75, 3.05) is 44.5 Å². The van der Waals surface area contributed by atoms with Gasteiger partial charge in [0.25, 0.3) is 5.91 Å². The lowest BCUT2D eigenvalue weighted by Crippen LogP contribution is -2.45. The van der Waals surface area contributed by atoms with Gasteiger partial charge in [-0.05, 0) is 62.1 Å². The molecule has 0 bridgehead atoms. The lowest BCUT2D eigenvalue weighted by atomic mass is 10.1. The van der Waals surface area contributed by atoms with Gasteiger partial charge in [0.2, 0.25) is 0 Å². The van der Waals surface area contributed by atoms with Crippen LogP contribution in [0.1, 0.15) is 10.8 Å². The first-order chi connectivity index (χ1) is 17.4. The Labute approximate surface area is 214 Å². The van der Waals surface area contributed by atoms with Crippen molar-refractivity contribution in [3.05, 3.63) is 84.2 Å². The van der Waals surface area contributed by atoms with Gasteiger partial charge >= 0.3 is 6.09 Å². The number of carbonyl (C=O) groups is 2. The first kappa shape index (κ1) is 25.5. The third kappa shape index (κ3) is 5.98. The van der Waals surface area contributed by atoms with Crippen LogP contribution in [0.5, 0.6) is 5.75 Å². The number of nitrogens with one attached hydrogen (secondary N) is 1. The predicted molar refractivity (Wildman–Crippen MR) is 139 cm³/mol. The molecule has 36 heavy (non-hydrogen) atoms. The average molecular weight is 510 g/mol. The Morgan fingerprint density at radius 3 is 2.53 bits per heavy atom. The molecular formula is C27H28FN3O4S. The van der Waals surface area contributed by atoms with E-state index in [2.05, 4.69) is 5.32 Å². The summed E-state index contributed by atoms with van der Waals surface area (Å²) in [5.74, 6) is -0.141. The number of anilines is 2. The number of ether oxygens (including phenoxy) is 2. The summed E-state index contributed by atoms with van der Waals surface area (Å²) in [6.07, 6.45) is -1.97. The maximum atomic E-state index is 14.0. The standard InChI is InChI=1S/C27H28FN3O4S/c1-30(2)15-16-31-22-9-4-5-10-23(22)36-25(18-11-13-21(34-3)14-12-18)24(26(31)32)35-27(33)29-20-8-6-7-19(28)17-20/h4-14,17,24-25H,15-16H2,1-3H3,(H,29,33)/t24-,25+/m1/s1. The number of hydrogen-bond acceptors (Lipinski definition) is 6. The number of halogens is 1. The Morgan fingerprint density at radius 1 is 1.08 bits per heavy atom. The molecule has 9 heteroatoms. The molecule has 0 saturated heterocycles. The number of para-hydroxylation sites is 1. The smallest absolute Gasteiger partial charge is 0.412 e. The zero-order chi connectivity index (χ0) is 25.7. The van der Waals surface area contributed by atoms with Crippen LogP contribution in [0.4, 0.5) is 20.6 Å². The first-order valence-electron chi connectivity index (χ1n) is 11.4. The van der Waals surface area contributed by atoms with E-state index < -0.39 is 23.3 Å². The van der Waals surface area contributed by atoms with E-state index >= 15 is 0 Å². The summed E-state index contributed by atoms with van der Waals surface area (Å²) in [4.78, 5) is 31.4. The number of hydrogen-bond donors (Lipinski definition) is 1. The van der Waals surface area contributed by atoms with Crippen LogP contribution in [0.3, 0.4) is 0 Å². The molecule has 1 aliphatic heterocycles. The molecule has 188 valence electrons. The summed E-state index contributed by atoms with van der Waals surface area (Å²) >= 11 is 1.46. The van der Waals surface area contributed by atoms with Crippen molar-refractivity contribution in [1.29, 1.82) is 0 Å². The van der Waals surface area contributed by atoms with Gasteiger partial charge in [-0.15, -0.1) is 11.8 Å². The maximum Gasteiger partial charge on any atom is 0.412 e. The Balaban J connectivity index is 1.71. The average Bonchev–Trinajstić information content (AvgIpc) is 2.97. The highest BCUT2D eigenvalue weighted by molar-refractivity contribution is 7.99. The zero-order valence-electron chi connectivity index (χ0n) is 20.3. The molecule has 1 N–H and O–H groups in total. The van der Waals surface area contributed by atoms with Crippen LogP contribution in [0.15, 0.2) is 77.7 Å². The molecule has 0 fully saturated rings. The van der Waals surface area contributed by atoms with Gasteiger partial charge in [-0.25, -0.2) is 9.18 Å². The fourth-order valence-electron chi connectivity index (χ4n) is 3.89. The summed E-state index contributed by atoms with van der Waals surface area (Å²) in [5, 5.41) is 2.02. The lowest BCUT2D eigenvalue weighted by Gasteiger charge is -2.28. The van der Waals surface area contributed by atoms with Crippen molar-refractivity contribution in [1.82, 2.24) is 4.90 Å². The van der Waals surface area contributed by atoms with Crippen molar-refractivity contribution in [2.24, 2.45) is 0 Å². The molecule has 7 nitrogen and oxygen atoms in total. The van der Waals surface area contributed by atoms with Gasteiger partial charge in [0, 0.05) is 23.7 Å². The van der Waals surface area contributed by atoms with Gasteiger partial charge in [0.1, 0.15) is 11.6 Å². The number of benzene rings is 3. The zero-order valence-corrected chi connectivity index (χ0v) is 21.1. The van der Waals surface area contributed by atoms with Gasteiger partial charge in [-0.2, -0.15) is 0 Å². The van der Waals surface area contributed by atoms with Crippen LogP contribution in [0, 0.1) is 5.82 Å².